The monoisotopic (exact) mass is 248 g/mol. The van der Waals surface area contributed by atoms with Crippen molar-refractivity contribution in [2.75, 3.05) is 12.4 Å². The summed E-state index contributed by atoms with van der Waals surface area (Å²) in [5, 5.41) is 19.4. The van der Waals surface area contributed by atoms with Crippen LogP contribution in [0.15, 0.2) is 12.3 Å². The third-order valence-electron chi connectivity index (χ3n) is 2.34. The maximum atomic E-state index is 11.6. The number of rotatable bonds is 5. The topological polar surface area (TPSA) is 87.9 Å². The molecule has 0 spiro atoms. The smallest absolute Gasteiger partial charge is 0.328 e. The molecule has 0 fully saturated rings. The zero-order chi connectivity index (χ0) is 13.5. The molecule has 0 aromatic carbocycles. The maximum absolute atomic E-state index is 11.6. The number of hydrogen-bond acceptors (Lipinski definition) is 6. The van der Waals surface area contributed by atoms with Gasteiger partial charge in [-0.1, -0.05) is 13.8 Å². The minimum absolute atomic E-state index is 0.302. The van der Waals surface area contributed by atoms with E-state index in [-0.39, 0.29) is 5.97 Å². The second-order valence-corrected chi connectivity index (χ2v) is 4.25. The van der Waals surface area contributed by atoms with Gasteiger partial charge in [0.25, 0.3) is 0 Å². The number of carbonyl (C=O) groups excluding carboxylic acids is 1. The van der Waals surface area contributed by atoms with Gasteiger partial charge in [0.1, 0.15) is 12.1 Å². The predicted molar refractivity (Wildman–Crippen MR) is 65.6 cm³/mol. The second-order valence-electron chi connectivity index (χ2n) is 4.25. The predicted octanol–water partition coefficient (Wildman–Crippen LogP) is 1.35. The lowest BCUT2D eigenvalue weighted by Crippen LogP contribution is -2.32. The highest BCUT2D eigenvalue weighted by atomic mass is 16.5. The lowest BCUT2D eigenvalue weighted by Gasteiger charge is -2.18. The van der Waals surface area contributed by atoms with Crippen LogP contribution in [0.2, 0.25) is 0 Å². The summed E-state index contributed by atoms with van der Waals surface area (Å²) in [7, 11) is 1.33. The number of methoxy groups -OCH3 is 1. The first-order chi connectivity index (χ1) is 8.58. The fraction of sp³-hybridized carbons (Fsp3) is 0.500. The van der Waals surface area contributed by atoms with E-state index in [1.807, 2.05) is 19.9 Å². The van der Waals surface area contributed by atoms with E-state index in [1.54, 1.807) is 6.07 Å². The molecule has 96 valence electrons. The van der Waals surface area contributed by atoms with Crippen molar-refractivity contribution in [1.29, 1.82) is 5.26 Å². The molecular weight excluding hydrogens is 232 g/mol. The van der Waals surface area contributed by atoms with Gasteiger partial charge >= 0.3 is 5.97 Å². The van der Waals surface area contributed by atoms with E-state index in [0.717, 1.165) is 0 Å². The van der Waals surface area contributed by atoms with Crippen LogP contribution in [0.25, 0.3) is 0 Å². The van der Waals surface area contributed by atoms with Crippen LogP contribution in [0.5, 0.6) is 0 Å². The molecule has 0 aliphatic carbocycles. The number of nitrogens with zero attached hydrogens (tertiary/aromatic N) is 3. The van der Waals surface area contributed by atoms with Gasteiger partial charge in [-0.3, -0.25) is 0 Å². The highest BCUT2D eigenvalue weighted by Crippen LogP contribution is 2.14. The molecule has 0 aliphatic heterocycles. The van der Waals surface area contributed by atoms with Crippen LogP contribution in [-0.2, 0) is 9.53 Å². The molecule has 1 aromatic rings. The van der Waals surface area contributed by atoms with Crippen molar-refractivity contribution in [3.05, 3.63) is 17.8 Å². The Morgan fingerprint density at radius 2 is 2.33 bits per heavy atom. The lowest BCUT2D eigenvalue weighted by atomic mass is 10.0. The molecule has 0 radical (unpaired) electrons. The minimum Gasteiger partial charge on any atom is -0.467 e. The fourth-order valence-electron chi connectivity index (χ4n) is 1.52. The number of ether oxygens (including phenoxy) is 1. The number of hydrogen-bond donors (Lipinski definition) is 1. The third kappa shape index (κ3) is 3.70. The Hall–Kier alpha value is -2.16. The summed E-state index contributed by atoms with van der Waals surface area (Å²) in [4.78, 5) is 11.6. The number of nitrogens with one attached hydrogen (secondary N) is 1. The molecule has 1 atom stereocenters. The quantitative estimate of drug-likeness (QED) is 0.791. The molecule has 1 unspecified atom stereocenters. The highest BCUT2D eigenvalue weighted by Gasteiger charge is 2.22. The Kier molecular flexibility index (Phi) is 5.06. The molecule has 1 aromatic heterocycles. The van der Waals surface area contributed by atoms with Crippen molar-refractivity contribution < 1.29 is 9.53 Å². The van der Waals surface area contributed by atoms with Crippen molar-refractivity contribution in [2.24, 2.45) is 5.92 Å². The van der Waals surface area contributed by atoms with E-state index in [2.05, 4.69) is 15.5 Å². The van der Waals surface area contributed by atoms with Crippen LogP contribution < -0.4 is 5.32 Å². The Balaban J connectivity index is 2.89. The molecule has 1 rings (SSSR count). The molecule has 0 amide bonds. The summed E-state index contributed by atoms with van der Waals surface area (Å²) in [6.07, 6.45) is 2.02. The van der Waals surface area contributed by atoms with E-state index in [0.29, 0.717) is 23.7 Å². The Morgan fingerprint density at radius 3 is 2.89 bits per heavy atom. The molecule has 0 bridgehead atoms. The third-order valence-corrected chi connectivity index (χ3v) is 2.34. The first-order valence-corrected chi connectivity index (χ1v) is 5.64. The van der Waals surface area contributed by atoms with E-state index < -0.39 is 6.04 Å². The van der Waals surface area contributed by atoms with Crippen LogP contribution in [0.3, 0.4) is 0 Å². The number of esters is 1. The van der Waals surface area contributed by atoms with Crippen molar-refractivity contribution in [1.82, 2.24) is 10.2 Å². The molecule has 18 heavy (non-hydrogen) atoms. The largest absolute Gasteiger partial charge is 0.467 e. The summed E-state index contributed by atoms with van der Waals surface area (Å²) >= 11 is 0. The lowest BCUT2D eigenvalue weighted by molar-refractivity contribution is -0.141. The zero-order valence-electron chi connectivity index (χ0n) is 10.7. The van der Waals surface area contributed by atoms with Gasteiger partial charge in [0.2, 0.25) is 0 Å². The molecular formula is C12H16N4O2. The standard InChI is InChI=1S/C12H16N4O2/c1-8(2)6-10(12(17)18-3)15-11-9(7-13)4-5-14-16-11/h4-5,8,10H,6H2,1-3H3,(H,15,16). The molecule has 0 aliphatic rings. The minimum atomic E-state index is -0.529. The Morgan fingerprint density at radius 1 is 1.61 bits per heavy atom. The second kappa shape index (κ2) is 6.55. The van der Waals surface area contributed by atoms with Crippen molar-refractivity contribution in [2.45, 2.75) is 26.3 Å². The number of aromatic nitrogens is 2. The highest BCUT2D eigenvalue weighted by molar-refractivity contribution is 5.79. The van der Waals surface area contributed by atoms with Crippen LogP contribution in [0.1, 0.15) is 25.8 Å². The van der Waals surface area contributed by atoms with E-state index in [9.17, 15) is 4.79 Å². The van der Waals surface area contributed by atoms with Crippen molar-refractivity contribution >= 4 is 11.8 Å². The average Bonchev–Trinajstić information content (AvgIpc) is 2.37. The summed E-state index contributed by atoms with van der Waals surface area (Å²) in [6, 6.07) is 3.01. The fourth-order valence-corrected chi connectivity index (χ4v) is 1.52. The van der Waals surface area contributed by atoms with E-state index in [4.69, 9.17) is 10.00 Å². The van der Waals surface area contributed by atoms with Crippen LogP contribution in [-0.4, -0.2) is 29.3 Å². The molecule has 1 N–H and O–H groups in total. The number of nitriles is 1. The van der Waals surface area contributed by atoms with Crippen molar-refractivity contribution in [3.63, 3.8) is 0 Å². The van der Waals surface area contributed by atoms with Gasteiger partial charge in [0, 0.05) is 0 Å². The molecule has 1 heterocycles. The summed E-state index contributed by atoms with van der Waals surface area (Å²) in [5.74, 6) is 0.234. The molecule has 0 saturated heterocycles. The van der Waals surface area contributed by atoms with Gasteiger partial charge in [0.05, 0.1) is 18.9 Å². The maximum Gasteiger partial charge on any atom is 0.328 e. The normalized spacial score (nSPS) is 11.7. The van der Waals surface area contributed by atoms with Crippen molar-refractivity contribution in [3.8, 4) is 6.07 Å². The van der Waals surface area contributed by atoms with Crippen LogP contribution in [0, 0.1) is 17.2 Å². The van der Waals surface area contributed by atoms with Gasteiger partial charge in [-0.25, -0.2) is 4.79 Å². The van der Waals surface area contributed by atoms with Gasteiger partial charge in [-0.15, -0.1) is 5.10 Å². The summed E-state index contributed by atoms with van der Waals surface area (Å²) < 4.78 is 4.73. The summed E-state index contributed by atoms with van der Waals surface area (Å²) in [5.41, 5.74) is 0.350. The van der Waals surface area contributed by atoms with Gasteiger partial charge in [-0.05, 0) is 18.4 Å². The van der Waals surface area contributed by atoms with Crippen LogP contribution in [0.4, 0.5) is 5.82 Å². The van der Waals surface area contributed by atoms with Gasteiger partial charge < -0.3 is 10.1 Å². The number of carbonyl (C=O) groups is 1. The average molecular weight is 248 g/mol. The van der Waals surface area contributed by atoms with Gasteiger partial charge in [0.15, 0.2) is 5.82 Å². The van der Waals surface area contributed by atoms with E-state index >= 15 is 0 Å². The number of anilines is 1. The first kappa shape index (κ1) is 13.9. The first-order valence-electron chi connectivity index (χ1n) is 5.64. The van der Waals surface area contributed by atoms with Gasteiger partial charge in [-0.2, -0.15) is 10.4 Å². The van der Waals surface area contributed by atoms with E-state index in [1.165, 1.54) is 13.3 Å². The SMILES string of the molecule is COC(=O)C(CC(C)C)Nc1nnccc1C#N. The zero-order valence-corrected chi connectivity index (χ0v) is 10.7. The summed E-state index contributed by atoms with van der Waals surface area (Å²) in [6.45, 7) is 4.00. The Labute approximate surface area is 106 Å². The van der Waals surface area contributed by atoms with Crippen LogP contribution >= 0.6 is 0 Å². The Bertz CT molecular complexity index is 454. The molecule has 0 saturated carbocycles. The molecule has 6 heteroatoms. The molecule has 6 nitrogen and oxygen atoms in total.